The zero-order chi connectivity index (χ0) is 13.1. The number of anilines is 1. The van der Waals surface area contributed by atoms with Crippen LogP contribution in [-0.4, -0.2) is 16.6 Å². The Balaban J connectivity index is 2.40. The van der Waals surface area contributed by atoms with Crippen LogP contribution in [0, 0.1) is 13.8 Å². The first kappa shape index (κ1) is 13.2. The van der Waals surface area contributed by atoms with Gasteiger partial charge < -0.3 is 10.2 Å². The van der Waals surface area contributed by atoms with Gasteiger partial charge in [-0.05, 0) is 25.8 Å². The maximum Gasteiger partial charge on any atom is 0.158 e. The first-order chi connectivity index (χ1) is 8.67. The van der Waals surface area contributed by atoms with Crippen LogP contribution in [0.15, 0.2) is 0 Å². The number of nitrogens with two attached hydrogens (primary N) is 1. The molecule has 0 saturated heterocycles. The normalized spacial score (nSPS) is 11.1. The molecule has 0 saturated carbocycles. The van der Waals surface area contributed by atoms with Gasteiger partial charge in [0, 0.05) is 11.5 Å². The zero-order valence-corrected chi connectivity index (χ0v) is 11.7. The van der Waals surface area contributed by atoms with E-state index in [0.717, 1.165) is 23.2 Å². The molecule has 98 valence electrons. The number of hydrogen-bond acceptors (Lipinski definition) is 6. The molecule has 0 aliphatic heterocycles. The van der Waals surface area contributed by atoms with E-state index in [-0.39, 0.29) is 0 Å². The van der Waals surface area contributed by atoms with E-state index in [9.17, 15) is 0 Å². The van der Waals surface area contributed by atoms with Crippen LogP contribution in [0.3, 0.4) is 0 Å². The van der Waals surface area contributed by atoms with Crippen molar-refractivity contribution >= 4 is 27.4 Å². The van der Waals surface area contributed by atoms with E-state index >= 15 is 0 Å². The first-order valence-electron chi connectivity index (χ1n) is 5.98. The molecule has 3 N–H and O–H groups in total. The highest BCUT2D eigenvalue weighted by Crippen LogP contribution is 2.32. The monoisotopic (exact) mass is 266 g/mol. The van der Waals surface area contributed by atoms with Crippen molar-refractivity contribution in [3.63, 3.8) is 0 Å². The Hall–Kier alpha value is -1.24. The number of ether oxygens (including phenoxy) is 1. The Bertz CT molecular complexity index is 552. The summed E-state index contributed by atoms with van der Waals surface area (Å²) in [5.41, 5.74) is 3.84. The number of nitrogen functional groups attached to an aromatic ring is 1. The summed E-state index contributed by atoms with van der Waals surface area (Å²) < 4.78 is 5.47. The molecule has 0 unspecified atom stereocenters. The molecule has 6 heteroatoms. The lowest BCUT2D eigenvalue weighted by Gasteiger charge is -2.06. The molecule has 0 fully saturated rings. The van der Waals surface area contributed by atoms with Gasteiger partial charge in [-0.3, -0.25) is 0 Å². The number of hydrogen-bond donors (Lipinski definition) is 2. The SMILES string of the molecule is CCCOCc1nc(NN)c2c(C)c(C)sc2n1. The predicted molar refractivity (Wildman–Crippen MR) is 74.6 cm³/mol. The number of nitrogens with zero attached hydrogens (tertiary/aromatic N) is 2. The van der Waals surface area contributed by atoms with Crippen molar-refractivity contribution in [1.29, 1.82) is 0 Å². The minimum Gasteiger partial charge on any atom is -0.373 e. The quantitative estimate of drug-likeness (QED) is 0.494. The zero-order valence-electron chi connectivity index (χ0n) is 10.9. The minimum atomic E-state index is 0.425. The molecule has 2 heterocycles. The van der Waals surface area contributed by atoms with E-state index in [1.807, 2.05) is 0 Å². The van der Waals surface area contributed by atoms with Crippen molar-refractivity contribution in [3.8, 4) is 0 Å². The number of hydrazine groups is 1. The molecule has 0 spiro atoms. The number of thiophene rings is 1. The van der Waals surface area contributed by atoms with Gasteiger partial charge in [0.25, 0.3) is 0 Å². The maximum atomic E-state index is 5.54. The molecule has 5 nitrogen and oxygen atoms in total. The number of aromatic nitrogens is 2. The second-order valence-electron chi connectivity index (χ2n) is 4.15. The van der Waals surface area contributed by atoms with Gasteiger partial charge >= 0.3 is 0 Å². The highest BCUT2D eigenvalue weighted by atomic mass is 32.1. The molecule has 0 radical (unpaired) electrons. The van der Waals surface area contributed by atoms with Crippen LogP contribution in [0.2, 0.25) is 0 Å². The Morgan fingerprint density at radius 2 is 2.11 bits per heavy atom. The van der Waals surface area contributed by atoms with Gasteiger partial charge in [-0.25, -0.2) is 15.8 Å². The summed E-state index contributed by atoms with van der Waals surface area (Å²) in [7, 11) is 0. The summed E-state index contributed by atoms with van der Waals surface area (Å²) in [5, 5.41) is 1.01. The number of nitrogens with one attached hydrogen (secondary N) is 1. The van der Waals surface area contributed by atoms with E-state index in [4.69, 9.17) is 10.6 Å². The van der Waals surface area contributed by atoms with Crippen LogP contribution in [0.25, 0.3) is 10.2 Å². The largest absolute Gasteiger partial charge is 0.373 e. The average molecular weight is 266 g/mol. The smallest absolute Gasteiger partial charge is 0.158 e. The lowest BCUT2D eigenvalue weighted by atomic mass is 10.2. The molecule has 0 bridgehead atoms. The fourth-order valence-electron chi connectivity index (χ4n) is 1.77. The topological polar surface area (TPSA) is 73.1 Å². The molecule has 0 aliphatic rings. The van der Waals surface area contributed by atoms with Crippen LogP contribution in [0.4, 0.5) is 5.82 Å². The summed E-state index contributed by atoms with van der Waals surface area (Å²) in [6.45, 7) is 7.35. The fraction of sp³-hybridized carbons (Fsp3) is 0.500. The van der Waals surface area contributed by atoms with Gasteiger partial charge in [-0.1, -0.05) is 6.92 Å². The van der Waals surface area contributed by atoms with Crippen LogP contribution in [0.1, 0.15) is 29.6 Å². The van der Waals surface area contributed by atoms with Crippen molar-refractivity contribution in [2.45, 2.75) is 33.8 Å². The molecule has 0 aliphatic carbocycles. The number of aryl methyl sites for hydroxylation is 2. The Morgan fingerprint density at radius 1 is 1.33 bits per heavy atom. The van der Waals surface area contributed by atoms with Crippen molar-refractivity contribution in [2.24, 2.45) is 5.84 Å². The van der Waals surface area contributed by atoms with E-state index in [2.05, 4.69) is 36.2 Å². The predicted octanol–water partition coefficient (Wildman–Crippen LogP) is 2.52. The minimum absolute atomic E-state index is 0.425. The average Bonchev–Trinajstić information content (AvgIpc) is 2.65. The molecule has 0 aromatic carbocycles. The van der Waals surface area contributed by atoms with Gasteiger partial charge in [-0.2, -0.15) is 0 Å². The van der Waals surface area contributed by atoms with E-state index in [1.165, 1.54) is 10.4 Å². The number of fused-ring (bicyclic) bond motifs is 1. The summed E-state index contributed by atoms with van der Waals surface area (Å²) in [4.78, 5) is 11.1. The van der Waals surface area contributed by atoms with Gasteiger partial charge in [0.15, 0.2) is 11.6 Å². The maximum absolute atomic E-state index is 5.54. The third-order valence-electron chi connectivity index (χ3n) is 2.79. The Labute approximate surface area is 110 Å². The highest BCUT2D eigenvalue weighted by molar-refractivity contribution is 7.18. The number of rotatable bonds is 5. The molecule has 2 aromatic rings. The van der Waals surface area contributed by atoms with Crippen LogP contribution in [-0.2, 0) is 11.3 Å². The lowest BCUT2D eigenvalue weighted by molar-refractivity contribution is 0.116. The molecule has 0 atom stereocenters. The third-order valence-corrected chi connectivity index (χ3v) is 3.89. The van der Waals surface area contributed by atoms with E-state index in [0.29, 0.717) is 18.2 Å². The molecular weight excluding hydrogens is 248 g/mol. The Kier molecular flexibility index (Phi) is 4.11. The van der Waals surface area contributed by atoms with Gasteiger partial charge in [0.2, 0.25) is 0 Å². The summed E-state index contributed by atoms with van der Waals surface area (Å²) in [6.07, 6.45) is 0.988. The molecule has 0 amide bonds. The van der Waals surface area contributed by atoms with Gasteiger partial charge in [0.05, 0.1) is 5.39 Å². The van der Waals surface area contributed by atoms with Crippen molar-refractivity contribution in [3.05, 3.63) is 16.3 Å². The first-order valence-corrected chi connectivity index (χ1v) is 6.80. The molecular formula is C12H18N4OS. The van der Waals surface area contributed by atoms with Gasteiger partial charge in [-0.15, -0.1) is 11.3 Å². The van der Waals surface area contributed by atoms with Crippen molar-refractivity contribution < 1.29 is 4.74 Å². The highest BCUT2D eigenvalue weighted by Gasteiger charge is 2.13. The standard InChI is InChI=1S/C12H18N4OS/c1-4-5-17-6-9-14-11(16-13)10-7(2)8(3)18-12(10)15-9/h4-6,13H2,1-3H3,(H,14,15,16). The summed E-state index contributed by atoms with van der Waals surface area (Å²) in [6, 6.07) is 0. The second kappa shape index (κ2) is 5.60. The molecule has 18 heavy (non-hydrogen) atoms. The molecule has 2 aromatic heterocycles. The van der Waals surface area contributed by atoms with Crippen LogP contribution >= 0.6 is 11.3 Å². The van der Waals surface area contributed by atoms with Crippen molar-refractivity contribution in [2.75, 3.05) is 12.0 Å². The van der Waals surface area contributed by atoms with Gasteiger partial charge in [0.1, 0.15) is 11.4 Å². The summed E-state index contributed by atoms with van der Waals surface area (Å²) >= 11 is 1.66. The lowest BCUT2D eigenvalue weighted by Crippen LogP contribution is -2.11. The van der Waals surface area contributed by atoms with Crippen molar-refractivity contribution in [1.82, 2.24) is 9.97 Å². The van der Waals surface area contributed by atoms with E-state index < -0.39 is 0 Å². The fourth-order valence-corrected chi connectivity index (χ4v) is 2.82. The van der Waals surface area contributed by atoms with E-state index in [1.54, 1.807) is 11.3 Å². The van der Waals surface area contributed by atoms with Crippen LogP contribution < -0.4 is 11.3 Å². The summed E-state index contributed by atoms with van der Waals surface area (Å²) in [5.74, 6) is 6.89. The van der Waals surface area contributed by atoms with Crippen LogP contribution in [0.5, 0.6) is 0 Å². The second-order valence-corrected chi connectivity index (χ2v) is 5.35. The molecule has 2 rings (SSSR count). The Morgan fingerprint density at radius 3 is 2.78 bits per heavy atom. The third kappa shape index (κ3) is 2.45.